The van der Waals surface area contributed by atoms with Crippen LogP contribution < -0.4 is 10.6 Å². The minimum absolute atomic E-state index is 0.0711. The van der Waals surface area contributed by atoms with Gasteiger partial charge in [0.25, 0.3) is 5.69 Å². The van der Waals surface area contributed by atoms with E-state index in [1.807, 2.05) is 6.07 Å². The van der Waals surface area contributed by atoms with E-state index in [0.29, 0.717) is 30.0 Å². The van der Waals surface area contributed by atoms with E-state index in [-0.39, 0.29) is 16.7 Å². The lowest BCUT2D eigenvalue weighted by Gasteiger charge is -2.29. The quantitative estimate of drug-likeness (QED) is 0.508. The maximum absolute atomic E-state index is 12.0. The van der Waals surface area contributed by atoms with Gasteiger partial charge in [-0.15, -0.1) is 0 Å². The second kappa shape index (κ2) is 6.57. The Labute approximate surface area is 138 Å². The Kier molecular flexibility index (Phi) is 4.33. The average molecular weight is 327 g/mol. The molecule has 0 saturated carbocycles. The molecule has 2 N–H and O–H groups in total. The number of benzene rings is 2. The van der Waals surface area contributed by atoms with Crippen LogP contribution in [-0.4, -0.2) is 24.0 Å². The molecule has 0 spiro atoms. The van der Waals surface area contributed by atoms with Crippen molar-refractivity contribution < 1.29 is 14.5 Å². The molecule has 1 aliphatic rings. The molecular formula is C17H17N3O4. The second-order valence-electron chi connectivity index (χ2n) is 5.34. The van der Waals surface area contributed by atoms with E-state index in [9.17, 15) is 14.9 Å². The molecule has 3 rings (SSSR count). The predicted octanol–water partition coefficient (Wildman–Crippen LogP) is 3.35. The summed E-state index contributed by atoms with van der Waals surface area (Å²) in [5, 5.41) is 17.7. The fraction of sp³-hybridized carbons (Fsp3) is 0.235. The lowest BCUT2D eigenvalue weighted by molar-refractivity contribution is -0.385. The van der Waals surface area contributed by atoms with Gasteiger partial charge < -0.3 is 15.4 Å². The van der Waals surface area contributed by atoms with Crippen LogP contribution in [0.3, 0.4) is 0 Å². The number of carbonyl (C=O) groups excluding carboxylic acids is 1. The van der Waals surface area contributed by atoms with Gasteiger partial charge >= 0.3 is 5.97 Å². The second-order valence-corrected chi connectivity index (χ2v) is 5.34. The van der Waals surface area contributed by atoms with Crippen molar-refractivity contribution >= 4 is 23.0 Å². The molecule has 24 heavy (non-hydrogen) atoms. The minimum atomic E-state index is -0.396. The van der Waals surface area contributed by atoms with Crippen molar-refractivity contribution in [2.75, 3.05) is 23.8 Å². The fourth-order valence-electron chi connectivity index (χ4n) is 2.82. The third-order valence-electron chi connectivity index (χ3n) is 3.88. The van der Waals surface area contributed by atoms with E-state index in [0.717, 1.165) is 5.69 Å². The summed E-state index contributed by atoms with van der Waals surface area (Å²) in [6, 6.07) is 11.6. The zero-order chi connectivity index (χ0) is 17.1. The largest absolute Gasteiger partial charge is 0.462 e. The number of carbonyl (C=O) groups is 1. The summed E-state index contributed by atoms with van der Waals surface area (Å²) in [6.45, 7) is 2.48. The number of hydrogen-bond donors (Lipinski definition) is 2. The maximum atomic E-state index is 12.0. The van der Waals surface area contributed by atoms with Gasteiger partial charge in [0.1, 0.15) is 0 Å². The normalized spacial score (nSPS) is 15.6. The molecule has 1 aliphatic heterocycles. The highest BCUT2D eigenvalue weighted by Crippen LogP contribution is 2.36. The number of hydrogen-bond acceptors (Lipinski definition) is 6. The summed E-state index contributed by atoms with van der Waals surface area (Å²) in [5.41, 5.74) is 2.49. The summed E-state index contributed by atoms with van der Waals surface area (Å²) in [7, 11) is 0. The number of nitrogens with one attached hydrogen (secondary N) is 2. The molecule has 0 aliphatic carbocycles. The van der Waals surface area contributed by atoms with Gasteiger partial charge in [-0.05, 0) is 19.1 Å². The number of fused-ring (bicyclic) bond motifs is 1. The molecule has 7 heteroatoms. The molecule has 7 nitrogen and oxygen atoms in total. The Morgan fingerprint density at radius 3 is 2.83 bits per heavy atom. The van der Waals surface area contributed by atoms with Gasteiger partial charge in [-0.2, -0.15) is 0 Å². The number of anilines is 2. The van der Waals surface area contributed by atoms with Crippen molar-refractivity contribution in [3.8, 4) is 0 Å². The first-order valence-electron chi connectivity index (χ1n) is 7.65. The Morgan fingerprint density at radius 1 is 1.29 bits per heavy atom. The van der Waals surface area contributed by atoms with E-state index >= 15 is 0 Å². The number of nitro benzene ring substituents is 1. The van der Waals surface area contributed by atoms with Crippen LogP contribution in [0.25, 0.3) is 0 Å². The highest BCUT2D eigenvalue weighted by Gasteiger charge is 2.27. The Morgan fingerprint density at radius 2 is 2.08 bits per heavy atom. The Balaban J connectivity index is 1.92. The van der Waals surface area contributed by atoms with Crippen molar-refractivity contribution in [3.63, 3.8) is 0 Å². The van der Waals surface area contributed by atoms with Crippen molar-refractivity contribution in [2.24, 2.45) is 0 Å². The summed E-state index contributed by atoms with van der Waals surface area (Å²) in [4.78, 5) is 22.9. The van der Waals surface area contributed by atoms with Crippen LogP contribution >= 0.6 is 0 Å². The Hall–Kier alpha value is -3.09. The molecule has 1 heterocycles. The van der Waals surface area contributed by atoms with E-state index < -0.39 is 5.97 Å². The maximum Gasteiger partial charge on any atom is 0.340 e. The van der Waals surface area contributed by atoms with Gasteiger partial charge in [-0.1, -0.05) is 24.3 Å². The van der Waals surface area contributed by atoms with Crippen LogP contribution in [0.5, 0.6) is 0 Å². The lowest BCUT2D eigenvalue weighted by atomic mass is 10.0. The molecule has 0 aromatic heterocycles. The van der Waals surface area contributed by atoms with Gasteiger partial charge in [-0.3, -0.25) is 10.1 Å². The van der Waals surface area contributed by atoms with Crippen LogP contribution in [0.4, 0.5) is 17.1 Å². The first-order chi connectivity index (χ1) is 11.6. The van der Waals surface area contributed by atoms with Gasteiger partial charge in [0.15, 0.2) is 0 Å². The van der Waals surface area contributed by atoms with E-state index in [1.54, 1.807) is 37.3 Å². The molecule has 124 valence electrons. The molecule has 2 aromatic carbocycles. The van der Waals surface area contributed by atoms with Crippen molar-refractivity contribution in [2.45, 2.75) is 13.0 Å². The zero-order valence-electron chi connectivity index (χ0n) is 13.1. The number of para-hydroxylation sites is 2. The lowest BCUT2D eigenvalue weighted by Crippen LogP contribution is -2.28. The minimum Gasteiger partial charge on any atom is -0.462 e. The number of esters is 1. The van der Waals surface area contributed by atoms with Crippen LogP contribution in [0, 0.1) is 10.1 Å². The molecule has 0 radical (unpaired) electrons. The van der Waals surface area contributed by atoms with Gasteiger partial charge in [0, 0.05) is 12.6 Å². The molecule has 0 saturated heterocycles. The highest BCUT2D eigenvalue weighted by molar-refractivity contribution is 5.99. The van der Waals surface area contributed by atoms with Crippen molar-refractivity contribution in [1.82, 2.24) is 0 Å². The molecule has 1 atom stereocenters. The van der Waals surface area contributed by atoms with E-state index in [1.165, 1.54) is 6.07 Å². The van der Waals surface area contributed by atoms with Gasteiger partial charge in [0.05, 0.1) is 40.1 Å². The molecule has 2 aromatic rings. The number of nitro groups is 1. The zero-order valence-corrected chi connectivity index (χ0v) is 13.1. The third-order valence-corrected chi connectivity index (χ3v) is 3.88. The Bertz CT molecular complexity index is 791. The predicted molar refractivity (Wildman–Crippen MR) is 90.3 cm³/mol. The SMILES string of the molecule is CCOC(=O)c1cccc2c1NCC(c1ccccc1[N+](=O)[O-])N2. The molecule has 0 fully saturated rings. The summed E-state index contributed by atoms with van der Waals surface area (Å²) < 4.78 is 5.06. The van der Waals surface area contributed by atoms with Crippen molar-refractivity contribution in [1.29, 1.82) is 0 Å². The molecular weight excluding hydrogens is 310 g/mol. The standard InChI is InChI=1S/C17H17N3O4/c1-2-24-17(21)12-7-5-8-13-16(12)18-10-14(19-13)11-6-3-4-9-15(11)20(22)23/h3-9,14,18-19H,2,10H2,1H3. The topological polar surface area (TPSA) is 93.5 Å². The van der Waals surface area contributed by atoms with Crippen LogP contribution in [-0.2, 0) is 4.74 Å². The summed E-state index contributed by atoms with van der Waals surface area (Å²) >= 11 is 0. The van der Waals surface area contributed by atoms with Crippen LogP contribution in [0.15, 0.2) is 42.5 Å². The molecule has 0 amide bonds. The number of rotatable bonds is 4. The summed E-state index contributed by atoms with van der Waals surface area (Å²) in [5.74, 6) is -0.396. The summed E-state index contributed by atoms with van der Waals surface area (Å²) in [6.07, 6.45) is 0. The smallest absolute Gasteiger partial charge is 0.340 e. The van der Waals surface area contributed by atoms with Gasteiger partial charge in [0.2, 0.25) is 0 Å². The van der Waals surface area contributed by atoms with Crippen LogP contribution in [0.2, 0.25) is 0 Å². The van der Waals surface area contributed by atoms with Gasteiger partial charge in [-0.25, -0.2) is 4.79 Å². The molecule has 1 unspecified atom stereocenters. The average Bonchev–Trinajstić information content (AvgIpc) is 2.60. The fourth-order valence-corrected chi connectivity index (χ4v) is 2.82. The highest BCUT2D eigenvalue weighted by atomic mass is 16.6. The first kappa shape index (κ1) is 15.8. The number of nitrogens with zero attached hydrogens (tertiary/aromatic N) is 1. The first-order valence-corrected chi connectivity index (χ1v) is 7.65. The number of ether oxygens (including phenoxy) is 1. The van der Waals surface area contributed by atoms with E-state index in [4.69, 9.17) is 4.74 Å². The van der Waals surface area contributed by atoms with Crippen molar-refractivity contribution in [3.05, 3.63) is 63.7 Å². The third kappa shape index (κ3) is 2.88. The van der Waals surface area contributed by atoms with Crippen LogP contribution in [0.1, 0.15) is 28.9 Å². The monoisotopic (exact) mass is 327 g/mol. The molecule has 0 bridgehead atoms. The van der Waals surface area contributed by atoms with E-state index in [2.05, 4.69) is 10.6 Å².